The van der Waals surface area contributed by atoms with Gasteiger partial charge in [-0.25, -0.2) is 0 Å². The van der Waals surface area contributed by atoms with Gasteiger partial charge in [-0.15, -0.1) is 10.2 Å². The van der Waals surface area contributed by atoms with E-state index < -0.39 is 0 Å². The lowest BCUT2D eigenvalue weighted by Crippen LogP contribution is -2.40. The third kappa shape index (κ3) is 7.70. The zero-order chi connectivity index (χ0) is 18.5. The lowest BCUT2D eigenvalue weighted by molar-refractivity contribution is 0.0224. The third-order valence-corrected chi connectivity index (χ3v) is 4.35. The van der Waals surface area contributed by atoms with E-state index in [-0.39, 0.29) is 6.10 Å². The van der Waals surface area contributed by atoms with Gasteiger partial charge in [0.25, 0.3) is 0 Å². The van der Waals surface area contributed by atoms with Gasteiger partial charge in [0.05, 0.1) is 12.6 Å². The first-order chi connectivity index (χ1) is 12.8. The quantitative estimate of drug-likeness (QED) is 0.350. The van der Waals surface area contributed by atoms with E-state index in [1.165, 1.54) is 12.8 Å². The van der Waals surface area contributed by atoms with Gasteiger partial charge < -0.3 is 24.7 Å². The van der Waals surface area contributed by atoms with Crippen LogP contribution in [-0.4, -0.2) is 66.3 Å². The predicted octanol–water partition coefficient (Wildman–Crippen LogP) is 1.37. The van der Waals surface area contributed by atoms with Crippen molar-refractivity contribution >= 4 is 5.96 Å². The van der Waals surface area contributed by atoms with Crippen molar-refractivity contribution < 1.29 is 9.47 Å². The van der Waals surface area contributed by atoms with Crippen molar-refractivity contribution in [2.75, 3.05) is 39.5 Å². The Balaban J connectivity index is 1.78. The van der Waals surface area contributed by atoms with Crippen molar-refractivity contribution in [1.29, 1.82) is 0 Å². The molecule has 1 aromatic heterocycles. The monoisotopic (exact) mass is 366 g/mol. The Morgan fingerprint density at radius 1 is 1.35 bits per heavy atom. The summed E-state index contributed by atoms with van der Waals surface area (Å²) in [5, 5.41) is 14.9. The van der Waals surface area contributed by atoms with Gasteiger partial charge >= 0.3 is 0 Å². The van der Waals surface area contributed by atoms with Crippen molar-refractivity contribution in [3.63, 3.8) is 0 Å². The highest BCUT2D eigenvalue weighted by Crippen LogP contribution is 2.12. The van der Waals surface area contributed by atoms with Crippen LogP contribution in [0.1, 0.15) is 45.4 Å². The number of ether oxygens (including phenoxy) is 2. The van der Waals surface area contributed by atoms with Crippen molar-refractivity contribution in [3.8, 4) is 0 Å². The van der Waals surface area contributed by atoms with Crippen molar-refractivity contribution in [2.24, 2.45) is 4.99 Å². The summed E-state index contributed by atoms with van der Waals surface area (Å²) in [7, 11) is 0. The molecule has 1 aliphatic heterocycles. The predicted molar refractivity (Wildman–Crippen MR) is 102 cm³/mol. The van der Waals surface area contributed by atoms with E-state index in [2.05, 4.69) is 32.3 Å². The summed E-state index contributed by atoms with van der Waals surface area (Å²) < 4.78 is 13.2. The van der Waals surface area contributed by atoms with Crippen molar-refractivity contribution in [3.05, 3.63) is 12.2 Å². The summed E-state index contributed by atoms with van der Waals surface area (Å²) in [5.41, 5.74) is 0. The van der Waals surface area contributed by atoms with E-state index >= 15 is 0 Å². The number of aryl methyl sites for hydroxylation is 1. The fourth-order valence-electron chi connectivity index (χ4n) is 2.88. The molecule has 2 rings (SSSR count). The minimum Gasteiger partial charge on any atom is -0.382 e. The van der Waals surface area contributed by atoms with Crippen LogP contribution >= 0.6 is 0 Å². The fourth-order valence-corrected chi connectivity index (χ4v) is 2.88. The molecule has 0 saturated carbocycles. The number of nitrogens with zero attached hydrogens (tertiary/aromatic N) is 4. The molecule has 0 radical (unpaired) electrons. The molecule has 0 bridgehead atoms. The lowest BCUT2D eigenvalue weighted by atomic mass is 10.1. The van der Waals surface area contributed by atoms with Crippen molar-refractivity contribution in [1.82, 2.24) is 25.4 Å². The molecule has 8 nitrogen and oxygen atoms in total. The third-order valence-electron chi connectivity index (χ3n) is 4.35. The van der Waals surface area contributed by atoms with Gasteiger partial charge in [0.1, 0.15) is 12.2 Å². The van der Waals surface area contributed by atoms with Gasteiger partial charge in [-0.05, 0) is 32.6 Å². The molecule has 0 aliphatic carbocycles. The molecule has 0 amide bonds. The van der Waals surface area contributed by atoms with Crippen LogP contribution in [0.15, 0.2) is 11.3 Å². The molecule has 148 valence electrons. The van der Waals surface area contributed by atoms with Crippen LogP contribution in [0.25, 0.3) is 0 Å². The normalized spacial score (nSPS) is 18.1. The highest BCUT2D eigenvalue weighted by Gasteiger charge is 2.13. The van der Waals surface area contributed by atoms with Gasteiger partial charge in [-0.1, -0.05) is 6.92 Å². The second-order valence-electron chi connectivity index (χ2n) is 6.38. The summed E-state index contributed by atoms with van der Waals surface area (Å²) in [6, 6.07) is 0. The average molecular weight is 367 g/mol. The van der Waals surface area contributed by atoms with Crippen LogP contribution in [0.5, 0.6) is 0 Å². The number of aromatic nitrogens is 3. The highest BCUT2D eigenvalue weighted by atomic mass is 16.5. The van der Waals surface area contributed by atoms with Gasteiger partial charge in [0, 0.05) is 45.9 Å². The number of guanidine groups is 1. The summed E-state index contributed by atoms with van der Waals surface area (Å²) in [4.78, 5) is 4.71. The molecular weight excluding hydrogens is 332 g/mol. The maximum absolute atomic E-state index is 5.78. The smallest absolute Gasteiger partial charge is 0.191 e. The summed E-state index contributed by atoms with van der Waals surface area (Å²) in [6.07, 6.45) is 7.37. The van der Waals surface area contributed by atoms with Gasteiger partial charge in [0.15, 0.2) is 5.96 Å². The molecule has 2 heterocycles. The van der Waals surface area contributed by atoms with Gasteiger partial charge in [-0.2, -0.15) is 0 Å². The topological polar surface area (TPSA) is 85.6 Å². The number of rotatable bonds is 11. The summed E-state index contributed by atoms with van der Waals surface area (Å²) in [5.74, 6) is 1.84. The first-order valence-corrected chi connectivity index (χ1v) is 9.91. The zero-order valence-electron chi connectivity index (χ0n) is 16.2. The fraction of sp³-hybridized carbons (Fsp3) is 0.833. The Kier molecular flexibility index (Phi) is 10.0. The zero-order valence-corrected chi connectivity index (χ0v) is 16.2. The molecule has 1 fully saturated rings. The van der Waals surface area contributed by atoms with E-state index in [1.54, 1.807) is 6.33 Å². The summed E-state index contributed by atoms with van der Waals surface area (Å²) in [6.45, 7) is 9.62. The largest absolute Gasteiger partial charge is 0.382 e. The van der Waals surface area contributed by atoms with Crippen LogP contribution in [0.4, 0.5) is 0 Å². The first-order valence-electron chi connectivity index (χ1n) is 9.91. The van der Waals surface area contributed by atoms with E-state index in [9.17, 15) is 0 Å². The first kappa shape index (κ1) is 20.6. The molecule has 1 aliphatic rings. The van der Waals surface area contributed by atoms with Gasteiger partial charge in [-0.3, -0.25) is 4.99 Å². The number of hydrogen-bond donors (Lipinski definition) is 2. The Bertz CT molecular complexity index is 514. The maximum Gasteiger partial charge on any atom is 0.191 e. The molecule has 1 unspecified atom stereocenters. The van der Waals surface area contributed by atoms with E-state index in [0.29, 0.717) is 6.54 Å². The van der Waals surface area contributed by atoms with Gasteiger partial charge in [0.2, 0.25) is 0 Å². The van der Waals surface area contributed by atoms with E-state index in [1.807, 2.05) is 6.92 Å². The highest BCUT2D eigenvalue weighted by molar-refractivity contribution is 5.79. The molecule has 8 heteroatoms. The van der Waals surface area contributed by atoms with Crippen LogP contribution in [0, 0.1) is 0 Å². The summed E-state index contributed by atoms with van der Waals surface area (Å²) >= 11 is 0. The Hall–Kier alpha value is -1.67. The molecule has 1 atom stereocenters. The standard InChI is InChI=1S/C18H34N6O2/c1-3-17-23-22-15-24(17)11-10-20-18(19-9-7-12-25-4-2)21-14-16-8-5-6-13-26-16/h15-16H,3-14H2,1-2H3,(H2,19,20,21). The van der Waals surface area contributed by atoms with Crippen LogP contribution in [0.2, 0.25) is 0 Å². The molecule has 1 saturated heterocycles. The minimum absolute atomic E-state index is 0.246. The van der Waals surface area contributed by atoms with E-state index in [0.717, 1.165) is 70.5 Å². The number of hydrogen-bond acceptors (Lipinski definition) is 5. The van der Waals surface area contributed by atoms with Crippen molar-refractivity contribution in [2.45, 2.75) is 58.6 Å². The maximum atomic E-state index is 5.78. The molecule has 0 spiro atoms. The Morgan fingerprint density at radius 2 is 2.23 bits per heavy atom. The Morgan fingerprint density at radius 3 is 3.00 bits per heavy atom. The molecular formula is C18H34N6O2. The van der Waals surface area contributed by atoms with Crippen LogP contribution in [-0.2, 0) is 22.4 Å². The second-order valence-corrected chi connectivity index (χ2v) is 6.38. The van der Waals surface area contributed by atoms with Crippen LogP contribution < -0.4 is 10.6 Å². The lowest BCUT2D eigenvalue weighted by Gasteiger charge is -2.21. The molecule has 1 aromatic rings. The molecule has 26 heavy (non-hydrogen) atoms. The van der Waals surface area contributed by atoms with E-state index in [4.69, 9.17) is 14.5 Å². The molecule has 0 aromatic carbocycles. The number of nitrogens with one attached hydrogen (secondary N) is 2. The SMILES string of the molecule is CCOCCCNC(=NCC1CCCCO1)NCCn1cnnc1CC. The average Bonchev–Trinajstić information content (AvgIpc) is 3.13. The van der Waals surface area contributed by atoms with Crippen LogP contribution in [0.3, 0.4) is 0 Å². The minimum atomic E-state index is 0.246. The molecule has 2 N–H and O–H groups in total. The second kappa shape index (κ2) is 12.6. The number of aliphatic imine (C=N–C) groups is 1. The Labute approximate surface area is 156 Å².